The second-order valence-electron chi connectivity index (χ2n) is 4.16. The van der Waals surface area contributed by atoms with Crippen LogP contribution in [0.25, 0.3) is 10.6 Å². The van der Waals surface area contributed by atoms with Gasteiger partial charge >= 0.3 is 5.97 Å². The number of hydrogen-bond donors (Lipinski definition) is 1. The van der Waals surface area contributed by atoms with Gasteiger partial charge in [0.15, 0.2) is 0 Å². The maximum absolute atomic E-state index is 11.2. The summed E-state index contributed by atoms with van der Waals surface area (Å²) in [4.78, 5) is 26.0. The summed E-state index contributed by atoms with van der Waals surface area (Å²) in [6, 6.07) is 6.05. The zero-order chi connectivity index (χ0) is 14.7. The van der Waals surface area contributed by atoms with Crippen molar-refractivity contribution in [3.8, 4) is 10.6 Å². The Morgan fingerprint density at radius 2 is 2.25 bits per heavy atom. The van der Waals surface area contributed by atoms with Crippen molar-refractivity contribution in [2.24, 2.45) is 0 Å². The van der Waals surface area contributed by atoms with E-state index in [9.17, 15) is 14.9 Å². The van der Waals surface area contributed by atoms with Crippen molar-refractivity contribution in [3.63, 3.8) is 0 Å². The Hall–Kier alpha value is -2.28. The molecular formula is C13H12N2O4S. The van der Waals surface area contributed by atoms with Gasteiger partial charge in [-0.2, -0.15) is 0 Å². The third-order valence-corrected chi connectivity index (χ3v) is 3.82. The number of thiazole rings is 1. The van der Waals surface area contributed by atoms with E-state index in [1.165, 1.54) is 12.1 Å². The lowest BCUT2D eigenvalue weighted by Crippen LogP contribution is -1.98. The third kappa shape index (κ3) is 2.83. The average Bonchev–Trinajstić information content (AvgIpc) is 2.83. The van der Waals surface area contributed by atoms with Crippen LogP contribution in [0.1, 0.15) is 28.7 Å². The van der Waals surface area contributed by atoms with Crippen molar-refractivity contribution in [2.75, 3.05) is 0 Å². The standard InChI is InChI=1S/C13H12N2O4S/c1-2-4-10-11(13(16)17)20-12(14-10)8-5-3-6-9(7-8)15(18)19/h3,5-7H,2,4H2,1H3,(H,16,17). The first-order valence-electron chi connectivity index (χ1n) is 6.00. The van der Waals surface area contributed by atoms with Crippen LogP contribution >= 0.6 is 11.3 Å². The number of carbonyl (C=O) groups is 1. The molecule has 0 spiro atoms. The fraction of sp³-hybridized carbons (Fsp3) is 0.231. The Morgan fingerprint density at radius 3 is 2.85 bits per heavy atom. The predicted octanol–water partition coefficient (Wildman–Crippen LogP) is 3.37. The molecule has 104 valence electrons. The molecule has 1 N–H and O–H groups in total. The van der Waals surface area contributed by atoms with Crippen LogP contribution in [0, 0.1) is 10.1 Å². The number of aromatic carboxylic acids is 1. The molecule has 0 aliphatic rings. The van der Waals surface area contributed by atoms with Crippen molar-refractivity contribution in [3.05, 3.63) is 45.0 Å². The fourth-order valence-electron chi connectivity index (χ4n) is 1.80. The van der Waals surface area contributed by atoms with Crippen LogP contribution < -0.4 is 0 Å². The van der Waals surface area contributed by atoms with Gasteiger partial charge in [-0.25, -0.2) is 9.78 Å². The summed E-state index contributed by atoms with van der Waals surface area (Å²) >= 11 is 1.05. The van der Waals surface area contributed by atoms with Crippen molar-refractivity contribution in [1.82, 2.24) is 4.98 Å². The van der Waals surface area contributed by atoms with Gasteiger partial charge in [-0.05, 0) is 6.42 Å². The second kappa shape index (κ2) is 5.79. The molecule has 0 amide bonds. The Kier molecular flexibility index (Phi) is 4.09. The van der Waals surface area contributed by atoms with E-state index in [1.54, 1.807) is 12.1 Å². The first kappa shape index (κ1) is 14.1. The van der Waals surface area contributed by atoms with E-state index < -0.39 is 10.9 Å². The quantitative estimate of drug-likeness (QED) is 0.673. The SMILES string of the molecule is CCCc1nc(-c2cccc([N+](=O)[O-])c2)sc1C(=O)O. The molecule has 0 saturated carbocycles. The van der Waals surface area contributed by atoms with Crippen molar-refractivity contribution in [1.29, 1.82) is 0 Å². The highest BCUT2D eigenvalue weighted by atomic mass is 32.1. The minimum atomic E-state index is -1.01. The van der Waals surface area contributed by atoms with E-state index in [0.717, 1.165) is 17.8 Å². The number of rotatable bonds is 5. The minimum Gasteiger partial charge on any atom is -0.477 e. The van der Waals surface area contributed by atoms with Crippen LogP contribution in [0.4, 0.5) is 5.69 Å². The normalized spacial score (nSPS) is 10.4. The summed E-state index contributed by atoms with van der Waals surface area (Å²) in [5.41, 5.74) is 1.06. The molecule has 0 saturated heterocycles. The van der Waals surface area contributed by atoms with Gasteiger partial charge in [0.25, 0.3) is 5.69 Å². The first-order chi connectivity index (χ1) is 9.52. The maximum Gasteiger partial charge on any atom is 0.347 e. The van der Waals surface area contributed by atoms with Crippen LogP contribution in [0.2, 0.25) is 0 Å². The molecule has 1 heterocycles. The molecule has 1 aromatic carbocycles. The maximum atomic E-state index is 11.2. The Labute approximate surface area is 118 Å². The lowest BCUT2D eigenvalue weighted by atomic mass is 10.2. The number of benzene rings is 1. The van der Waals surface area contributed by atoms with Gasteiger partial charge in [0.05, 0.1) is 10.6 Å². The summed E-state index contributed by atoms with van der Waals surface area (Å²) in [5.74, 6) is -1.01. The number of aromatic nitrogens is 1. The van der Waals surface area contributed by atoms with E-state index in [4.69, 9.17) is 5.11 Å². The average molecular weight is 292 g/mol. The summed E-state index contributed by atoms with van der Waals surface area (Å²) in [6.07, 6.45) is 1.37. The Balaban J connectivity index is 2.47. The van der Waals surface area contributed by atoms with Crippen LogP contribution in [0.3, 0.4) is 0 Å². The Morgan fingerprint density at radius 1 is 1.50 bits per heavy atom. The van der Waals surface area contributed by atoms with Crippen LogP contribution in [-0.2, 0) is 6.42 Å². The lowest BCUT2D eigenvalue weighted by Gasteiger charge is -1.96. The molecular weight excluding hydrogens is 280 g/mol. The van der Waals surface area contributed by atoms with E-state index in [1.807, 2.05) is 6.92 Å². The van der Waals surface area contributed by atoms with E-state index >= 15 is 0 Å². The molecule has 1 aromatic heterocycles. The number of nitro benzene ring substituents is 1. The van der Waals surface area contributed by atoms with Gasteiger partial charge in [-0.1, -0.05) is 25.5 Å². The molecule has 0 radical (unpaired) electrons. The van der Waals surface area contributed by atoms with Gasteiger partial charge in [-0.3, -0.25) is 10.1 Å². The van der Waals surface area contributed by atoms with Gasteiger partial charge < -0.3 is 5.11 Å². The summed E-state index contributed by atoms with van der Waals surface area (Å²) in [5, 5.41) is 20.4. The molecule has 7 heteroatoms. The van der Waals surface area contributed by atoms with Gasteiger partial charge in [-0.15, -0.1) is 11.3 Å². The second-order valence-corrected chi connectivity index (χ2v) is 5.16. The first-order valence-corrected chi connectivity index (χ1v) is 6.82. The molecule has 2 aromatic rings. The fourth-order valence-corrected chi connectivity index (χ4v) is 2.75. The number of non-ortho nitro benzene ring substituents is 1. The smallest absolute Gasteiger partial charge is 0.347 e. The highest BCUT2D eigenvalue weighted by Gasteiger charge is 2.18. The van der Waals surface area contributed by atoms with Crippen LogP contribution in [0.5, 0.6) is 0 Å². The number of carboxylic acid groups (broad SMARTS) is 1. The van der Waals surface area contributed by atoms with Gasteiger partial charge in [0, 0.05) is 17.7 Å². The Bertz CT molecular complexity index is 666. The molecule has 0 unspecified atom stereocenters. The molecule has 0 atom stereocenters. The highest BCUT2D eigenvalue weighted by Crippen LogP contribution is 2.30. The van der Waals surface area contributed by atoms with Crippen molar-refractivity contribution < 1.29 is 14.8 Å². The topological polar surface area (TPSA) is 93.3 Å². The van der Waals surface area contributed by atoms with Gasteiger partial charge in [0.2, 0.25) is 0 Å². The number of hydrogen-bond acceptors (Lipinski definition) is 5. The van der Waals surface area contributed by atoms with E-state index in [2.05, 4.69) is 4.98 Å². The van der Waals surface area contributed by atoms with E-state index in [-0.39, 0.29) is 10.6 Å². The molecule has 0 aliphatic carbocycles. The summed E-state index contributed by atoms with van der Waals surface area (Å²) in [6.45, 7) is 1.94. The summed E-state index contributed by atoms with van der Waals surface area (Å²) in [7, 11) is 0. The zero-order valence-electron chi connectivity index (χ0n) is 10.7. The highest BCUT2D eigenvalue weighted by molar-refractivity contribution is 7.17. The number of carboxylic acids is 1. The lowest BCUT2D eigenvalue weighted by molar-refractivity contribution is -0.384. The van der Waals surface area contributed by atoms with Gasteiger partial charge in [0.1, 0.15) is 9.88 Å². The molecule has 2 rings (SSSR count). The van der Waals surface area contributed by atoms with Crippen molar-refractivity contribution >= 4 is 23.0 Å². The predicted molar refractivity (Wildman–Crippen MR) is 75.2 cm³/mol. The molecule has 0 fully saturated rings. The van der Waals surface area contributed by atoms with E-state index in [0.29, 0.717) is 22.7 Å². The molecule has 0 bridgehead atoms. The molecule has 20 heavy (non-hydrogen) atoms. The number of nitrogens with zero attached hydrogens (tertiary/aromatic N) is 2. The summed E-state index contributed by atoms with van der Waals surface area (Å²) < 4.78 is 0. The number of nitro groups is 1. The van der Waals surface area contributed by atoms with Crippen LogP contribution in [-0.4, -0.2) is 21.0 Å². The molecule has 6 nitrogen and oxygen atoms in total. The zero-order valence-corrected chi connectivity index (χ0v) is 11.5. The minimum absolute atomic E-state index is 0.0355. The van der Waals surface area contributed by atoms with Crippen molar-refractivity contribution in [2.45, 2.75) is 19.8 Å². The number of aryl methyl sites for hydroxylation is 1. The van der Waals surface area contributed by atoms with Crippen LogP contribution in [0.15, 0.2) is 24.3 Å². The third-order valence-electron chi connectivity index (χ3n) is 2.68. The monoisotopic (exact) mass is 292 g/mol. The largest absolute Gasteiger partial charge is 0.477 e. The molecule has 0 aliphatic heterocycles.